The number of hydrogen-bond donors (Lipinski definition) is 1. The zero-order valence-corrected chi connectivity index (χ0v) is 12.9. The zero-order valence-electron chi connectivity index (χ0n) is 12.9. The van der Waals surface area contributed by atoms with Crippen LogP contribution >= 0.6 is 0 Å². The maximum Gasteiger partial charge on any atom is 0.0477 e. The van der Waals surface area contributed by atoms with E-state index in [1.807, 2.05) is 0 Å². The summed E-state index contributed by atoms with van der Waals surface area (Å²) in [4.78, 5) is 7.24. The second kappa shape index (κ2) is 5.72. The molecule has 0 saturated carbocycles. The van der Waals surface area contributed by atoms with Crippen molar-refractivity contribution in [1.82, 2.24) is 15.1 Å². The number of nitrogens with one attached hydrogen (secondary N) is 1. The summed E-state index contributed by atoms with van der Waals surface area (Å²) in [5, 5.41) is 3.59. The van der Waals surface area contributed by atoms with Crippen LogP contribution in [-0.4, -0.2) is 63.7 Å². The number of nitrogens with zero attached hydrogens (tertiary/aromatic N) is 3. The molecule has 4 nitrogen and oxygen atoms in total. The van der Waals surface area contributed by atoms with Crippen molar-refractivity contribution in [2.45, 2.75) is 12.6 Å². The summed E-state index contributed by atoms with van der Waals surface area (Å²) in [6.45, 7) is 6.80. The molecule has 1 fully saturated rings. The Hall–Kier alpha value is -1.10. The first-order valence-corrected chi connectivity index (χ1v) is 7.58. The fourth-order valence-electron chi connectivity index (χ4n) is 3.26. The van der Waals surface area contributed by atoms with Crippen LogP contribution < -0.4 is 10.2 Å². The standard InChI is InChI=1S/C16H26N4/c1-18(2)14-4-5-15-13(10-14)11-17-12-16(15)20-8-6-19(3)7-9-20/h4-5,10,16-17H,6-9,11-12H2,1-3H3/t16-/m0/s1. The van der Waals surface area contributed by atoms with Crippen LogP contribution in [0.1, 0.15) is 17.2 Å². The van der Waals surface area contributed by atoms with Gasteiger partial charge in [0.1, 0.15) is 0 Å². The van der Waals surface area contributed by atoms with E-state index in [1.54, 1.807) is 0 Å². The number of piperazine rings is 1. The number of rotatable bonds is 2. The highest BCUT2D eigenvalue weighted by atomic mass is 15.3. The Morgan fingerprint density at radius 1 is 1.15 bits per heavy atom. The molecule has 1 N–H and O–H groups in total. The summed E-state index contributed by atoms with van der Waals surface area (Å²) in [5.41, 5.74) is 4.29. The molecule has 1 atom stereocenters. The lowest BCUT2D eigenvalue weighted by atomic mass is 9.94. The largest absolute Gasteiger partial charge is 0.378 e. The van der Waals surface area contributed by atoms with Crippen LogP contribution in [0.3, 0.4) is 0 Å². The van der Waals surface area contributed by atoms with Gasteiger partial charge in [0, 0.05) is 65.1 Å². The molecule has 2 aliphatic heterocycles. The van der Waals surface area contributed by atoms with Crippen molar-refractivity contribution >= 4 is 5.69 Å². The normalized spacial score (nSPS) is 24.4. The molecule has 110 valence electrons. The average molecular weight is 274 g/mol. The van der Waals surface area contributed by atoms with Gasteiger partial charge in [-0.3, -0.25) is 4.90 Å². The SMILES string of the molecule is CN1CCN([C@H]2CNCc3cc(N(C)C)ccc32)CC1. The molecule has 0 aromatic heterocycles. The number of anilines is 1. The molecule has 1 aromatic rings. The summed E-state index contributed by atoms with van der Waals surface area (Å²) >= 11 is 0. The Morgan fingerprint density at radius 3 is 2.60 bits per heavy atom. The summed E-state index contributed by atoms with van der Waals surface area (Å²) in [6, 6.07) is 7.48. The molecule has 0 amide bonds. The Balaban J connectivity index is 1.83. The van der Waals surface area contributed by atoms with E-state index in [2.05, 4.69) is 59.4 Å². The lowest BCUT2D eigenvalue weighted by Crippen LogP contribution is -2.49. The molecule has 3 rings (SSSR count). The smallest absolute Gasteiger partial charge is 0.0477 e. The molecule has 1 aromatic carbocycles. The minimum Gasteiger partial charge on any atom is -0.378 e. The van der Waals surface area contributed by atoms with Crippen molar-refractivity contribution in [2.75, 3.05) is 58.8 Å². The molecule has 2 heterocycles. The van der Waals surface area contributed by atoms with Gasteiger partial charge in [0.15, 0.2) is 0 Å². The van der Waals surface area contributed by atoms with Crippen LogP contribution in [0.5, 0.6) is 0 Å². The quantitative estimate of drug-likeness (QED) is 0.873. The fourth-order valence-corrected chi connectivity index (χ4v) is 3.26. The molecule has 0 unspecified atom stereocenters. The first-order valence-electron chi connectivity index (χ1n) is 7.58. The van der Waals surface area contributed by atoms with Crippen molar-refractivity contribution in [2.24, 2.45) is 0 Å². The number of likely N-dealkylation sites (N-methyl/N-ethyl adjacent to an activating group) is 1. The molecule has 0 aliphatic carbocycles. The third-order valence-corrected chi connectivity index (χ3v) is 4.63. The maximum atomic E-state index is 3.59. The minimum atomic E-state index is 0.545. The zero-order chi connectivity index (χ0) is 14.1. The van der Waals surface area contributed by atoms with E-state index in [1.165, 1.54) is 43.0 Å². The van der Waals surface area contributed by atoms with E-state index in [4.69, 9.17) is 0 Å². The van der Waals surface area contributed by atoms with Gasteiger partial charge < -0.3 is 15.1 Å². The van der Waals surface area contributed by atoms with E-state index >= 15 is 0 Å². The van der Waals surface area contributed by atoms with Crippen LogP contribution in [0.2, 0.25) is 0 Å². The minimum absolute atomic E-state index is 0.545. The first kappa shape index (κ1) is 13.9. The average Bonchev–Trinajstić information content (AvgIpc) is 2.47. The first-order chi connectivity index (χ1) is 9.65. The molecule has 1 saturated heterocycles. The van der Waals surface area contributed by atoms with E-state index in [9.17, 15) is 0 Å². The molecule has 0 spiro atoms. The monoisotopic (exact) mass is 274 g/mol. The number of benzene rings is 1. The van der Waals surface area contributed by atoms with Gasteiger partial charge in [0.05, 0.1) is 0 Å². The predicted octanol–water partition coefficient (Wildman–Crippen LogP) is 1.14. The summed E-state index contributed by atoms with van der Waals surface area (Å²) in [5.74, 6) is 0. The van der Waals surface area contributed by atoms with Crippen molar-refractivity contribution in [3.8, 4) is 0 Å². The van der Waals surface area contributed by atoms with Gasteiger partial charge >= 0.3 is 0 Å². The molecule has 4 heteroatoms. The third kappa shape index (κ3) is 2.68. The van der Waals surface area contributed by atoms with Crippen molar-refractivity contribution in [3.05, 3.63) is 29.3 Å². The lowest BCUT2D eigenvalue weighted by molar-refractivity contribution is 0.106. The topological polar surface area (TPSA) is 21.8 Å². The van der Waals surface area contributed by atoms with Crippen LogP contribution in [0.4, 0.5) is 5.69 Å². The number of fused-ring (bicyclic) bond motifs is 1. The second-order valence-electron chi connectivity index (χ2n) is 6.26. The van der Waals surface area contributed by atoms with Gasteiger partial charge in [-0.05, 0) is 30.3 Å². The maximum absolute atomic E-state index is 3.59. The fraction of sp³-hybridized carbons (Fsp3) is 0.625. The molecule has 20 heavy (non-hydrogen) atoms. The van der Waals surface area contributed by atoms with Crippen LogP contribution in [0, 0.1) is 0 Å². The number of hydrogen-bond acceptors (Lipinski definition) is 4. The molecular weight excluding hydrogens is 248 g/mol. The van der Waals surface area contributed by atoms with Gasteiger partial charge in [-0.15, -0.1) is 0 Å². The summed E-state index contributed by atoms with van der Waals surface area (Å²) < 4.78 is 0. The summed E-state index contributed by atoms with van der Waals surface area (Å²) in [6.07, 6.45) is 0. The molecule has 0 radical (unpaired) electrons. The summed E-state index contributed by atoms with van der Waals surface area (Å²) in [7, 11) is 6.43. The van der Waals surface area contributed by atoms with Gasteiger partial charge in [-0.1, -0.05) is 6.07 Å². The van der Waals surface area contributed by atoms with E-state index in [0.29, 0.717) is 6.04 Å². The molecule has 2 aliphatic rings. The van der Waals surface area contributed by atoms with E-state index < -0.39 is 0 Å². The second-order valence-corrected chi connectivity index (χ2v) is 6.26. The highest BCUT2D eigenvalue weighted by Gasteiger charge is 2.27. The third-order valence-electron chi connectivity index (χ3n) is 4.63. The van der Waals surface area contributed by atoms with Gasteiger partial charge in [0.2, 0.25) is 0 Å². The van der Waals surface area contributed by atoms with Gasteiger partial charge in [-0.25, -0.2) is 0 Å². The molecular formula is C16H26N4. The van der Waals surface area contributed by atoms with Crippen LogP contribution in [0.15, 0.2) is 18.2 Å². The molecule has 0 bridgehead atoms. The lowest BCUT2D eigenvalue weighted by Gasteiger charge is -2.41. The Labute approximate surface area is 122 Å². The highest BCUT2D eigenvalue weighted by Crippen LogP contribution is 2.30. The highest BCUT2D eigenvalue weighted by molar-refractivity contribution is 5.51. The van der Waals surface area contributed by atoms with Crippen LogP contribution in [-0.2, 0) is 6.54 Å². The van der Waals surface area contributed by atoms with Crippen molar-refractivity contribution < 1.29 is 0 Å². The van der Waals surface area contributed by atoms with E-state index in [-0.39, 0.29) is 0 Å². The van der Waals surface area contributed by atoms with Gasteiger partial charge in [0.25, 0.3) is 0 Å². The Kier molecular flexibility index (Phi) is 3.96. The van der Waals surface area contributed by atoms with E-state index in [0.717, 1.165) is 13.1 Å². The van der Waals surface area contributed by atoms with Crippen molar-refractivity contribution in [3.63, 3.8) is 0 Å². The Morgan fingerprint density at radius 2 is 1.90 bits per heavy atom. The van der Waals surface area contributed by atoms with Crippen LogP contribution in [0.25, 0.3) is 0 Å². The Bertz CT molecular complexity index is 464. The van der Waals surface area contributed by atoms with Gasteiger partial charge in [-0.2, -0.15) is 0 Å². The van der Waals surface area contributed by atoms with Crippen molar-refractivity contribution in [1.29, 1.82) is 0 Å². The predicted molar refractivity (Wildman–Crippen MR) is 84.3 cm³/mol.